The molecule has 1 aliphatic rings. The van der Waals surface area contributed by atoms with Crippen molar-refractivity contribution in [2.45, 2.75) is 12.8 Å². The first-order valence-corrected chi connectivity index (χ1v) is 9.00. The highest BCUT2D eigenvalue weighted by Crippen LogP contribution is 2.18. The Balaban J connectivity index is 1.72. The Labute approximate surface area is 158 Å². The summed E-state index contributed by atoms with van der Waals surface area (Å²) in [5, 5.41) is 6.69. The third kappa shape index (κ3) is 5.62. The van der Waals surface area contributed by atoms with E-state index in [0.717, 1.165) is 31.9 Å². The van der Waals surface area contributed by atoms with Crippen LogP contribution in [0.2, 0.25) is 5.02 Å². The van der Waals surface area contributed by atoms with Crippen molar-refractivity contribution >= 4 is 29.4 Å². The molecule has 0 aliphatic carbocycles. The lowest BCUT2D eigenvalue weighted by molar-refractivity contribution is -0.146. The van der Waals surface area contributed by atoms with Crippen LogP contribution in [0.15, 0.2) is 29.3 Å². The van der Waals surface area contributed by atoms with Gasteiger partial charge in [0, 0.05) is 43.8 Å². The summed E-state index contributed by atoms with van der Waals surface area (Å²) in [4.78, 5) is 30.0. The summed E-state index contributed by atoms with van der Waals surface area (Å²) < 4.78 is 4.81. The molecular formula is C18H25ClN4O3. The number of piperidine rings is 1. The number of nitrogens with one attached hydrogen (secondary N) is 2. The van der Waals surface area contributed by atoms with Crippen molar-refractivity contribution in [2.24, 2.45) is 10.9 Å². The summed E-state index contributed by atoms with van der Waals surface area (Å²) in [6.45, 7) is 2.52. The molecule has 1 amide bonds. The van der Waals surface area contributed by atoms with Crippen LogP contribution in [0.25, 0.3) is 0 Å². The number of likely N-dealkylation sites (tertiary alicyclic amines) is 1. The quantitative estimate of drug-likeness (QED) is 0.350. The van der Waals surface area contributed by atoms with Crippen LogP contribution in [0.4, 0.5) is 0 Å². The highest BCUT2D eigenvalue weighted by molar-refractivity contribution is 6.30. The van der Waals surface area contributed by atoms with Crippen LogP contribution in [0.1, 0.15) is 23.2 Å². The highest BCUT2D eigenvalue weighted by Gasteiger charge is 2.26. The molecule has 142 valence electrons. The number of benzene rings is 1. The number of nitrogens with zero attached hydrogens (tertiary/aromatic N) is 2. The van der Waals surface area contributed by atoms with E-state index in [1.807, 2.05) is 0 Å². The van der Waals surface area contributed by atoms with E-state index in [4.69, 9.17) is 16.3 Å². The number of carbonyl (C=O) groups is 2. The minimum atomic E-state index is -0.141. The second kappa shape index (κ2) is 10.0. The predicted octanol–water partition coefficient (Wildman–Crippen LogP) is 1.53. The molecule has 1 aliphatic heterocycles. The number of carbonyl (C=O) groups excluding carboxylic acids is 2. The van der Waals surface area contributed by atoms with Gasteiger partial charge in [-0.1, -0.05) is 11.6 Å². The van der Waals surface area contributed by atoms with E-state index < -0.39 is 0 Å². The molecule has 0 spiro atoms. The molecule has 1 saturated heterocycles. The van der Waals surface area contributed by atoms with Gasteiger partial charge >= 0.3 is 5.97 Å². The fourth-order valence-corrected chi connectivity index (χ4v) is 3.01. The fraction of sp³-hybridized carbons (Fsp3) is 0.500. The van der Waals surface area contributed by atoms with Gasteiger partial charge in [-0.3, -0.25) is 14.6 Å². The van der Waals surface area contributed by atoms with E-state index in [-0.39, 0.29) is 17.8 Å². The molecule has 26 heavy (non-hydrogen) atoms. The summed E-state index contributed by atoms with van der Waals surface area (Å²) in [6.07, 6.45) is 1.50. The molecule has 2 rings (SSSR count). The molecule has 0 bridgehead atoms. The average molecular weight is 381 g/mol. The second-order valence-electron chi connectivity index (χ2n) is 6.02. The average Bonchev–Trinajstić information content (AvgIpc) is 2.68. The summed E-state index contributed by atoms with van der Waals surface area (Å²) in [5.74, 6) is 0.455. The van der Waals surface area contributed by atoms with Gasteiger partial charge in [0.2, 0.25) is 0 Å². The monoisotopic (exact) mass is 380 g/mol. The zero-order chi connectivity index (χ0) is 18.9. The Morgan fingerprint density at radius 3 is 2.38 bits per heavy atom. The van der Waals surface area contributed by atoms with Crippen molar-refractivity contribution in [3.63, 3.8) is 0 Å². The number of esters is 1. The van der Waals surface area contributed by atoms with Crippen LogP contribution in [0, 0.1) is 5.92 Å². The molecule has 1 fully saturated rings. The first kappa shape index (κ1) is 20.0. The summed E-state index contributed by atoms with van der Waals surface area (Å²) >= 11 is 5.82. The maximum Gasteiger partial charge on any atom is 0.308 e. The van der Waals surface area contributed by atoms with E-state index in [1.165, 1.54) is 7.11 Å². The third-order valence-corrected chi connectivity index (χ3v) is 4.59. The van der Waals surface area contributed by atoms with Gasteiger partial charge in [-0.25, -0.2) is 0 Å². The predicted molar refractivity (Wildman–Crippen MR) is 101 cm³/mol. The van der Waals surface area contributed by atoms with Gasteiger partial charge in [0.05, 0.1) is 13.0 Å². The van der Waals surface area contributed by atoms with E-state index in [2.05, 4.69) is 20.5 Å². The van der Waals surface area contributed by atoms with Gasteiger partial charge in [-0.05, 0) is 37.1 Å². The minimum absolute atomic E-state index is 0.0342. The smallest absolute Gasteiger partial charge is 0.308 e. The van der Waals surface area contributed by atoms with Gasteiger partial charge in [0.15, 0.2) is 5.96 Å². The van der Waals surface area contributed by atoms with Gasteiger partial charge in [0.25, 0.3) is 5.91 Å². The van der Waals surface area contributed by atoms with Crippen molar-refractivity contribution < 1.29 is 14.3 Å². The van der Waals surface area contributed by atoms with Gasteiger partial charge in [0.1, 0.15) is 0 Å². The standard InChI is InChI=1S/C18H25ClN4O3/c1-20-18(23-11-7-14(8-12-23)17(25)26-2)22-10-9-21-16(24)13-3-5-15(19)6-4-13/h3-6,14H,7-12H2,1-2H3,(H,20,22)(H,21,24). The third-order valence-electron chi connectivity index (χ3n) is 4.34. The van der Waals surface area contributed by atoms with Crippen molar-refractivity contribution in [2.75, 3.05) is 40.3 Å². The molecule has 0 radical (unpaired) electrons. The van der Waals surface area contributed by atoms with Gasteiger partial charge < -0.3 is 20.3 Å². The molecule has 1 aromatic rings. The molecule has 0 atom stereocenters. The van der Waals surface area contributed by atoms with Gasteiger partial charge in [-0.2, -0.15) is 0 Å². The Morgan fingerprint density at radius 1 is 1.19 bits per heavy atom. The zero-order valence-corrected chi connectivity index (χ0v) is 15.9. The molecule has 0 saturated carbocycles. The number of halogens is 1. The Bertz CT molecular complexity index is 640. The molecule has 1 heterocycles. The minimum Gasteiger partial charge on any atom is -0.469 e. The van der Waals surface area contributed by atoms with Crippen LogP contribution >= 0.6 is 11.6 Å². The number of methoxy groups -OCH3 is 1. The topological polar surface area (TPSA) is 83.0 Å². The molecule has 0 unspecified atom stereocenters. The number of hydrogen-bond donors (Lipinski definition) is 2. The normalized spacial score (nSPS) is 15.5. The van der Waals surface area contributed by atoms with E-state index in [1.54, 1.807) is 31.3 Å². The van der Waals surface area contributed by atoms with E-state index in [0.29, 0.717) is 23.7 Å². The maximum atomic E-state index is 12.0. The number of aliphatic imine (C=N–C) groups is 1. The van der Waals surface area contributed by atoms with Crippen molar-refractivity contribution in [3.8, 4) is 0 Å². The van der Waals surface area contributed by atoms with E-state index >= 15 is 0 Å². The van der Waals surface area contributed by atoms with Crippen molar-refractivity contribution in [1.29, 1.82) is 0 Å². The largest absolute Gasteiger partial charge is 0.469 e. The zero-order valence-electron chi connectivity index (χ0n) is 15.1. The molecule has 1 aromatic carbocycles. The second-order valence-corrected chi connectivity index (χ2v) is 6.46. The number of guanidine groups is 1. The Hall–Kier alpha value is -2.28. The lowest BCUT2D eigenvalue weighted by Gasteiger charge is -2.33. The fourth-order valence-electron chi connectivity index (χ4n) is 2.88. The van der Waals surface area contributed by atoms with Crippen molar-refractivity contribution in [1.82, 2.24) is 15.5 Å². The molecule has 8 heteroatoms. The summed E-state index contributed by atoms with van der Waals surface area (Å²) in [7, 11) is 3.15. The van der Waals surface area contributed by atoms with Crippen LogP contribution in [0.3, 0.4) is 0 Å². The van der Waals surface area contributed by atoms with E-state index in [9.17, 15) is 9.59 Å². The first-order chi connectivity index (χ1) is 12.5. The Morgan fingerprint density at radius 2 is 1.81 bits per heavy atom. The van der Waals surface area contributed by atoms with Crippen LogP contribution in [-0.4, -0.2) is 63.1 Å². The number of hydrogen-bond acceptors (Lipinski definition) is 4. The Kier molecular flexibility index (Phi) is 7.72. The lowest BCUT2D eigenvalue weighted by Crippen LogP contribution is -2.48. The lowest BCUT2D eigenvalue weighted by atomic mass is 9.97. The SMILES string of the molecule is CN=C(NCCNC(=O)c1ccc(Cl)cc1)N1CCC(C(=O)OC)CC1. The maximum absolute atomic E-state index is 12.0. The van der Waals surface area contributed by atoms with Crippen molar-refractivity contribution in [3.05, 3.63) is 34.9 Å². The number of rotatable bonds is 5. The molecular weight excluding hydrogens is 356 g/mol. The van der Waals surface area contributed by atoms with Crippen LogP contribution < -0.4 is 10.6 Å². The highest BCUT2D eigenvalue weighted by atomic mass is 35.5. The number of ether oxygens (including phenoxy) is 1. The molecule has 7 nitrogen and oxygen atoms in total. The van der Waals surface area contributed by atoms with Gasteiger partial charge in [-0.15, -0.1) is 0 Å². The van der Waals surface area contributed by atoms with Crippen LogP contribution in [0.5, 0.6) is 0 Å². The van der Waals surface area contributed by atoms with Crippen LogP contribution in [-0.2, 0) is 9.53 Å². The summed E-state index contributed by atoms with van der Waals surface area (Å²) in [6, 6.07) is 6.76. The molecule has 2 N–H and O–H groups in total. The molecule has 0 aromatic heterocycles. The first-order valence-electron chi connectivity index (χ1n) is 8.62. The number of amides is 1. The summed E-state index contributed by atoms with van der Waals surface area (Å²) in [5.41, 5.74) is 0.573.